The first-order valence-electron chi connectivity index (χ1n) is 10.2. The van der Waals surface area contributed by atoms with E-state index in [0.717, 1.165) is 15.6 Å². The average molecular weight is 462 g/mol. The van der Waals surface area contributed by atoms with Crippen molar-refractivity contribution in [3.05, 3.63) is 84.4 Å². The number of nitrogens with zero attached hydrogens (tertiary/aromatic N) is 2. The fraction of sp³-hybridized carbons (Fsp3) is 0.120. The lowest BCUT2D eigenvalue weighted by Crippen LogP contribution is -2.24. The molecule has 3 aromatic carbocycles. The normalized spacial score (nSPS) is 11.5. The third kappa shape index (κ3) is 4.44. The zero-order valence-electron chi connectivity index (χ0n) is 18.4. The summed E-state index contributed by atoms with van der Waals surface area (Å²) < 4.78 is 31.8. The molecule has 0 saturated carbocycles. The number of benzene rings is 3. The third-order valence-electron chi connectivity index (χ3n) is 5.24. The summed E-state index contributed by atoms with van der Waals surface area (Å²) in [5, 5.41) is 3.45. The van der Waals surface area contributed by atoms with E-state index in [2.05, 4.69) is 5.32 Å². The molecule has 1 heterocycles. The van der Waals surface area contributed by atoms with E-state index in [1.807, 2.05) is 48.5 Å². The van der Waals surface area contributed by atoms with Crippen LogP contribution < -0.4 is 10.1 Å². The van der Waals surface area contributed by atoms with Gasteiger partial charge in [-0.15, -0.1) is 0 Å². The quantitative estimate of drug-likeness (QED) is 0.459. The zero-order valence-corrected chi connectivity index (χ0v) is 19.3. The highest BCUT2D eigenvalue weighted by Gasteiger charge is 2.23. The maximum Gasteiger partial charge on any atom is 0.256 e. The molecule has 0 aliphatic rings. The minimum absolute atomic E-state index is 0.0251. The highest BCUT2D eigenvalue weighted by atomic mass is 32.2. The van der Waals surface area contributed by atoms with E-state index in [1.54, 1.807) is 31.4 Å². The number of pyridine rings is 1. The Hall–Kier alpha value is -3.75. The molecule has 0 saturated heterocycles. The van der Waals surface area contributed by atoms with E-state index >= 15 is 0 Å². The number of fused-ring (bicyclic) bond motifs is 1. The van der Waals surface area contributed by atoms with E-state index in [-0.39, 0.29) is 10.6 Å². The largest absolute Gasteiger partial charge is 0.497 e. The topological polar surface area (TPSA) is 88.6 Å². The molecule has 0 unspecified atom stereocenters. The van der Waals surface area contributed by atoms with Gasteiger partial charge in [0.2, 0.25) is 10.0 Å². The molecular formula is C25H23N3O4S. The Bertz CT molecular complexity index is 1430. The number of ether oxygens (including phenoxy) is 1. The van der Waals surface area contributed by atoms with Crippen molar-refractivity contribution < 1.29 is 17.9 Å². The van der Waals surface area contributed by atoms with E-state index < -0.39 is 15.9 Å². The van der Waals surface area contributed by atoms with Crippen LogP contribution in [0.4, 0.5) is 5.69 Å². The number of carbonyl (C=O) groups is 1. The fourth-order valence-corrected chi connectivity index (χ4v) is 4.50. The van der Waals surface area contributed by atoms with Gasteiger partial charge < -0.3 is 10.1 Å². The Balaban J connectivity index is 1.79. The summed E-state index contributed by atoms with van der Waals surface area (Å²) in [6, 6.07) is 22.8. The molecule has 0 atom stereocenters. The molecule has 33 heavy (non-hydrogen) atoms. The van der Waals surface area contributed by atoms with Gasteiger partial charge in [-0.05, 0) is 48.5 Å². The van der Waals surface area contributed by atoms with Gasteiger partial charge in [0.1, 0.15) is 10.6 Å². The van der Waals surface area contributed by atoms with Crippen LogP contribution in [0.2, 0.25) is 0 Å². The second kappa shape index (κ2) is 9.01. The number of carbonyl (C=O) groups excluding carboxylic acids is 1. The zero-order chi connectivity index (χ0) is 23.6. The summed E-state index contributed by atoms with van der Waals surface area (Å²) in [5.41, 5.74) is 2.71. The highest BCUT2D eigenvalue weighted by molar-refractivity contribution is 7.89. The van der Waals surface area contributed by atoms with Crippen LogP contribution in [0.1, 0.15) is 10.4 Å². The number of sulfonamides is 1. The van der Waals surface area contributed by atoms with Crippen molar-refractivity contribution in [1.29, 1.82) is 0 Å². The Labute approximate surface area is 192 Å². The predicted octanol–water partition coefficient (Wildman–Crippen LogP) is 4.41. The van der Waals surface area contributed by atoms with Crippen molar-refractivity contribution in [2.24, 2.45) is 0 Å². The van der Waals surface area contributed by atoms with E-state index in [1.165, 1.54) is 20.2 Å². The first-order chi connectivity index (χ1) is 15.8. The average Bonchev–Trinajstić information content (AvgIpc) is 2.83. The van der Waals surface area contributed by atoms with Gasteiger partial charge >= 0.3 is 0 Å². The number of hydrogen-bond donors (Lipinski definition) is 1. The van der Waals surface area contributed by atoms with Crippen molar-refractivity contribution in [3.63, 3.8) is 0 Å². The molecule has 168 valence electrons. The second-order valence-corrected chi connectivity index (χ2v) is 9.66. The molecular weight excluding hydrogens is 438 g/mol. The van der Waals surface area contributed by atoms with E-state index in [4.69, 9.17) is 9.72 Å². The monoisotopic (exact) mass is 461 g/mol. The first-order valence-corrected chi connectivity index (χ1v) is 11.6. The number of methoxy groups -OCH3 is 1. The van der Waals surface area contributed by atoms with Crippen molar-refractivity contribution in [3.8, 4) is 17.0 Å². The molecule has 4 aromatic rings. The summed E-state index contributed by atoms with van der Waals surface area (Å²) in [4.78, 5) is 18.1. The summed E-state index contributed by atoms with van der Waals surface area (Å²) in [5.74, 6) is 0.293. The molecule has 0 bridgehead atoms. The number of para-hydroxylation sites is 2. The molecule has 7 nitrogen and oxygen atoms in total. The van der Waals surface area contributed by atoms with Gasteiger partial charge in [-0.2, -0.15) is 0 Å². The molecule has 1 aromatic heterocycles. The lowest BCUT2D eigenvalue weighted by molar-refractivity contribution is 0.102. The van der Waals surface area contributed by atoms with Gasteiger partial charge in [0.15, 0.2) is 0 Å². The van der Waals surface area contributed by atoms with Crippen LogP contribution in [0, 0.1) is 0 Å². The summed E-state index contributed by atoms with van der Waals surface area (Å²) in [7, 11) is 0.756. The maximum absolute atomic E-state index is 13.4. The van der Waals surface area contributed by atoms with E-state index in [9.17, 15) is 13.2 Å². The predicted molar refractivity (Wildman–Crippen MR) is 129 cm³/mol. The Morgan fingerprint density at radius 1 is 0.939 bits per heavy atom. The summed E-state index contributed by atoms with van der Waals surface area (Å²) in [6.45, 7) is 0. The van der Waals surface area contributed by atoms with Crippen LogP contribution in [0.3, 0.4) is 0 Å². The Morgan fingerprint density at radius 3 is 2.30 bits per heavy atom. The highest BCUT2D eigenvalue weighted by Crippen LogP contribution is 2.28. The van der Waals surface area contributed by atoms with Crippen LogP contribution in [0.5, 0.6) is 5.75 Å². The summed E-state index contributed by atoms with van der Waals surface area (Å²) in [6.07, 6.45) is 0. The molecule has 0 spiro atoms. The number of nitrogens with one attached hydrogen (secondary N) is 1. The molecule has 4 rings (SSSR count). The van der Waals surface area contributed by atoms with E-state index in [0.29, 0.717) is 22.2 Å². The smallest absolute Gasteiger partial charge is 0.256 e. The van der Waals surface area contributed by atoms with Gasteiger partial charge in [0.25, 0.3) is 5.91 Å². The van der Waals surface area contributed by atoms with Crippen LogP contribution in [-0.4, -0.2) is 44.8 Å². The van der Waals surface area contributed by atoms with Gasteiger partial charge in [-0.3, -0.25) is 4.79 Å². The standard InChI is InChI=1S/C25H23N3O4S/c1-28(2)33(30,31)24-11-7-6-10-22(24)27-25(29)20-16-23(17-12-14-18(32-3)15-13-17)26-21-9-5-4-8-19(20)21/h4-16H,1-3H3,(H,27,29). The van der Waals surface area contributed by atoms with Crippen molar-refractivity contribution >= 4 is 32.5 Å². The van der Waals surface area contributed by atoms with Crippen LogP contribution in [-0.2, 0) is 10.0 Å². The fourth-order valence-electron chi connectivity index (χ4n) is 3.45. The van der Waals surface area contributed by atoms with Crippen LogP contribution in [0.25, 0.3) is 22.2 Å². The van der Waals surface area contributed by atoms with Crippen LogP contribution in [0.15, 0.2) is 83.8 Å². The van der Waals surface area contributed by atoms with Gasteiger partial charge in [-0.25, -0.2) is 17.7 Å². The molecule has 1 amide bonds. The second-order valence-electron chi connectivity index (χ2n) is 7.54. The minimum atomic E-state index is -3.74. The lowest BCUT2D eigenvalue weighted by atomic mass is 10.0. The number of anilines is 1. The van der Waals surface area contributed by atoms with Gasteiger partial charge in [-0.1, -0.05) is 30.3 Å². The van der Waals surface area contributed by atoms with Crippen LogP contribution >= 0.6 is 0 Å². The SMILES string of the molecule is COc1ccc(-c2cc(C(=O)Nc3ccccc3S(=O)(=O)N(C)C)c3ccccc3n2)cc1. The molecule has 8 heteroatoms. The molecule has 1 N–H and O–H groups in total. The first kappa shape index (κ1) is 22.4. The third-order valence-corrected chi connectivity index (χ3v) is 7.11. The number of amides is 1. The maximum atomic E-state index is 13.4. The number of aromatic nitrogens is 1. The molecule has 0 aliphatic heterocycles. The minimum Gasteiger partial charge on any atom is -0.497 e. The summed E-state index contributed by atoms with van der Waals surface area (Å²) >= 11 is 0. The van der Waals surface area contributed by atoms with Crippen molar-refractivity contribution in [2.75, 3.05) is 26.5 Å². The molecule has 0 radical (unpaired) electrons. The Kier molecular flexibility index (Phi) is 6.13. The molecule has 0 fully saturated rings. The van der Waals surface area contributed by atoms with Crippen molar-refractivity contribution in [1.82, 2.24) is 9.29 Å². The van der Waals surface area contributed by atoms with Crippen molar-refractivity contribution in [2.45, 2.75) is 4.90 Å². The van der Waals surface area contributed by atoms with Gasteiger partial charge in [0.05, 0.1) is 29.6 Å². The van der Waals surface area contributed by atoms with Gasteiger partial charge in [0, 0.05) is 25.0 Å². The lowest BCUT2D eigenvalue weighted by Gasteiger charge is -2.16. The Morgan fingerprint density at radius 2 is 1.61 bits per heavy atom. The molecule has 0 aliphatic carbocycles. The number of rotatable bonds is 6. The number of hydrogen-bond acceptors (Lipinski definition) is 5.